The Bertz CT molecular complexity index is 1490. The Morgan fingerprint density at radius 2 is 1.84 bits per heavy atom. The molecule has 0 atom stereocenters. The molecule has 0 radical (unpaired) electrons. The van der Waals surface area contributed by atoms with E-state index in [2.05, 4.69) is 9.71 Å². The molecule has 0 unspecified atom stereocenters. The molecular weight excluding hydrogens is 470 g/mol. The highest BCUT2D eigenvalue weighted by molar-refractivity contribution is 7.92. The Hall–Kier alpha value is -3.14. The fourth-order valence-electron chi connectivity index (χ4n) is 3.05. The van der Waals surface area contributed by atoms with Crippen molar-refractivity contribution in [3.05, 3.63) is 82.1 Å². The maximum atomic E-state index is 12.8. The molecule has 0 aliphatic rings. The second kappa shape index (κ2) is 8.78. The number of aryl methyl sites for hydroxylation is 1. The summed E-state index contributed by atoms with van der Waals surface area (Å²) in [6.45, 7) is 0. The van der Waals surface area contributed by atoms with Crippen molar-refractivity contribution in [1.82, 2.24) is 4.57 Å². The van der Waals surface area contributed by atoms with Gasteiger partial charge >= 0.3 is 0 Å². The van der Waals surface area contributed by atoms with Crippen molar-refractivity contribution in [2.45, 2.75) is 4.90 Å². The van der Waals surface area contributed by atoms with Crippen molar-refractivity contribution < 1.29 is 17.9 Å². The summed E-state index contributed by atoms with van der Waals surface area (Å²) in [5, 5.41) is 0.606. The summed E-state index contributed by atoms with van der Waals surface area (Å²) in [5.41, 5.74) is 1.43. The molecule has 0 saturated carbocycles. The first kappa shape index (κ1) is 22.1. The van der Waals surface area contributed by atoms with E-state index in [0.29, 0.717) is 15.6 Å². The number of ether oxygens (including phenoxy) is 1. The zero-order valence-corrected chi connectivity index (χ0v) is 19.5. The highest BCUT2D eigenvalue weighted by Gasteiger charge is 2.15. The van der Waals surface area contributed by atoms with Crippen molar-refractivity contribution in [3.63, 3.8) is 0 Å². The van der Waals surface area contributed by atoms with E-state index in [9.17, 15) is 13.2 Å². The van der Waals surface area contributed by atoms with Gasteiger partial charge in [0.15, 0.2) is 4.80 Å². The van der Waals surface area contributed by atoms with E-state index in [1.54, 1.807) is 36.4 Å². The van der Waals surface area contributed by atoms with Gasteiger partial charge in [0.25, 0.3) is 15.9 Å². The van der Waals surface area contributed by atoms with Gasteiger partial charge in [-0.1, -0.05) is 29.0 Å². The van der Waals surface area contributed by atoms with Crippen LogP contribution < -0.4 is 14.3 Å². The van der Waals surface area contributed by atoms with E-state index in [1.807, 2.05) is 23.7 Å². The molecule has 1 heterocycles. The number of carbonyl (C=O) groups is 1. The smallest absolute Gasteiger partial charge is 0.279 e. The minimum absolute atomic E-state index is 0.0793. The van der Waals surface area contributed by atoms with Gasteiger partial charge in [-0.05, 0) is 60.7 Å². The van der Waals surface area contributed by atoms with E-state index < -0.39 is 15.9 Å². The normalized spacial score (nSPS) is 12.2. The highest BCUT2D eigenvalue weighted by atomic mass is 35.5. The van der Waals surface area contributed by atoms with Gasteiger partial charge in [0.05, 0.1) is 22.2 Å². The number of methoxy groups -OCH3 is 1. The van der Waals surface area contributed by atoms with Gasteiger partial charge in [-0.15, -0.1) is 0 Å². The average Bonchev–Trinajstić information content (AvgIpc) is 3.07. The number of halogens is 1. The third-order valence-corrected chi connectivity index (χ3v) is 7.43. The molecule has 0 spiro atoms. The predicted octanol–water partition coefficient (Wildman–Crippen LogP) is 4.44. The Balaban J connectivity index is 1.62. The van der Waals surface area contributed by atoms with Crippen LogP contribution in [-0.2, 0) is 17.1 Å². The molecule has 4 rings (SSSR count). The van der Waals surface area contributed by atoms with Crippen LogP contribution in [0.1, 0.15) is 10.4 Å². The van der Waals surface area contributed by atoms with E-state index in [0.717, 1.165) is 10.2 Å². The number of rotatable bonds is 5. The second-order valence-electron chi connectivity index (χ2n) is 6.83. The molecule has 7 nitrogen and oxygen atoms in total. The Morgan fingerprint density at radius 1 is 1.09 bits per heavy atom. The molecule has 1 amide bonds. The summed E-state index contributed by atoms with van der Waals surface area (Å²) >= 11 is 7.39. The fourth-order valence-corrected chi connectivity index (χ4v) is 5.39. The lowest BCUT2D eigenvalue weighted by Gasteiger charge is -2.09. The summed E-state index contributed by atoms with van der Waals surface area (Å²) in [5.74, 6) is 0.0681. The van der Waals surface area contributed by atoms with Gasteiger partial charge in [0, 0.05) is 23.3 Å². The molecule has 164 valence electrons. The number of sulfonamides is 1. The molecule has 3 aromatic carbocycles. The first-order chi connectivity index (χ1) is 15.3. The number of hydrogen-bond donors (Lipinski definition) is 1. The Labute approximate surface area is 193 Å². The molecular formula is C22H18ClN3O4S2. The van der Waals surface area contributed by atoms with Crippen molar-refractivity contribution >= 4 is 54.8 Å². The number of amides is 1. The number of hydrogen-bond acceptors (Lipinski definition) is 5. The minimum atomic E-state index is -3.83. The topological polar surface area (TPSA) is 89.8 Å². The van der Waals surface area contributed by atoms with Crippen molar-refractivity contribution in [3.8, 4) is 5.75 Å². The zero-order valence-electron chi connectivity index (χ0n) is 17.1. The molecule has 1 N–H and O–H groups in total. The van der Waals surface area contributed by atoms with E-state index in [-0.39, 0.29) is 16.1 Å². The first-order valence-electron chi connectivity index (χ1n) is 9.38. The van der Waals surface area contributed by atoms with Crippen LogP contribution in [0.5, 0.6) is 5.75 Å². The van der Waals surface area contributed by atoms with Crippen LogP contribution in [0.3, 0.4) is 0 Å². The monoisotopic (exact) mass is 487 g/mol. The maximum absolute atomic E-state index is 12.8. The van der Waals surface area contributed by atoms with E-state index in [1.165, 1.54) is 36.6 Å². The number of fused-ring (bicyclic) bond motifs is 1. The molecule has 0 aliphatic heterocycles. The van der Waals surface area contributed by atoms with Crippen LogP contribution in [0.4, 0.5) is 5.69 Å². The summed E-state index contributed by atoms with van der Waals surface area (Å²) in [7, 11) is -0.509. The first-order valence-corrected chi connectivity index (χ1v) is 12.1. The minimum Gasteiger partial charge on any atom is -0.497 e. The van der Waals surface area contributed by atoms with Crippen molar-refractivity contribution in [1.29, 1.82) is 0 Å². The number of benzene rings is 3. The summed E-state index contributed by atoms with van der Waals surface area (Å²) in [6.07, 6.45) is 0. The molecule has 32 heavy (non-hydrogen) atoms. The van der Waals surface area contributed by atoms with E-state index >= 15 is 0 Å². The standard InChI is InChI=1S/C22H18ClN3O4S2/c1-26-19-11-6-15(23)13-20(19)31-22(26)24-21(27)14-4-3-5-16(12-14)25-32(28,29)18-9-7-17(30-2)8-10-18/h3-13,25H,1-2H3. The van der Waals surface area contributed by atoms with Gasteiger partial charge in [-0.25, -0.2) is 8.42 Å². The van der Waals surface area contributed by atoms with Crippen LogP contribution in [-0.4, -0.2) is 26.0 Å². The van der Waals surface area contributed by atoms with Crippen LogP contribution in [0.15, 0.2) is 76.6 Å². The van der Waals surface area contributed by atoms with Crippen LogP contribution in [0.2, 0.25) is 5.02 Å². The van der Waals surface area contributed by atoms with Crippen LogP contribution in [0.25, 0.3) is 10.2 Å². The molecule has 0 aliphatic carbocycles. The lowest BCUT2D eigenvalue weighted by atomic mass is 10.2. The number of nitrogens with one attached hydrogen (secondary N) is 1. The lowest BCUT2D eigenvalue weighted by molar-refractivity contribution is 0.0998. The fraction of sp³-hybridized carbons (Fsp3) is 0.0909. The molecule has 0 saturated heterocycles. The molecule has 0 fully saturated rings. The van der Waals surface area contributed by atoms with Gasteiger partial charge in [-0.2, -0.15) is 4.99 Å². The molecule has 10 heteroatoms. The van der Waals surface area contributed by atoms with Gasteiger partial charge in [0.2, 0.25) is 0 Å². The number of nitrogens with zero attached hydrogens (tertiary/aromatic N) is 2. The highest BCUT2D eigenvalue weighted by Crippen LogP contribution is 2.22. The lowest BCUT2D eigenvalue weighted by Crippen LogP contribution is -2.14. The van der Waals surface area contributed by atoms with Crippen LogP contribution >= 0.6 is 22.9 Å². The number of aromatic nitrogens is 1. The summed E-state index contributed by atoms with van der Waals surface area (Å²) in [4.78, 5) is 17.6. The number of carbonyl (C=O) groups excluding carboxylic acids is 1. The molecule has 0 bridgehead atoms. The predicted molar refractivity (Wildman–Crippen MR) is 126 cm³/mol. The SMILES string of the molecule is COc1ccc(S(=O)(=O)Nc2cccc(C(=O)N=c3sc4cc(Cl)ccc4n3C)c2)cc1. The Kier molecular flexibility index (Phi) is 6.05. The zero-order chi connectivity index (χ0) is 22.9. The third kappa shape index (κ3) is 4.55. The summed E-state index contributed by atoms with van der Waals surface area (Å²) < 4.78 is 35.6. The average molecular weight is 488 g/mol. The second-order valence-corrected chi connectivity index (χ2v) is 9.96. The van der Waals surface area contributed by atoms with Crippen LogP contribution in [0, 0.1) is 0 Å². The number of anilines is 1. The number of thiazole rings is 1. The van der Waals surface area contributed by atoms with Gasteiger partial charge in [0.1, 0.15) is 5.75 Å². The van der Waals surface area contributed by atoms with Gasteiger partial charge < -0.3 is 9.30 Å². The molecule has 1 aromatic heterocycles. The third-order valence-electron chi connectivity index (χ3n) is 4.70. The molecule has 4 aromatic rings. The quantitative estimate of drug-likeness (QED) is 0.450. The van der Waals surface area contributed by atoms with Crippen molar-refractivity contribution in [2.24, 2.45) is 12.0 Å². The van der Waals surface area contributed by atoms with E-state index in [4.69, 9.17) is 16.3 Å². The van der Waals surface area contributed by atoms with Crippen molar-refractivity contribution in [2.75, 3.05) is 11.8 Å². The maximum Gasteiger partial charge on any atom is 0.279 e. The summed E-state index contributed by atoms with van der Waals surface area (Å²) in [6, 6.07) is 17.7. The largest absolute Gasteiger partial charge is 0.497 e. The van der Waals surface area contributed by atoms with Gasteiger partial charge in [-0.3, -0.25) is 9.52 Å². The Morgan fingerprint density at radius 3 is 2.56 bits per heavy atom.